The molecule has 11 heavy (non-hydrogen) atoms. The highest BCUT2D eigenvalue weighted by Crippen LogP contribution is 2.13. The van der Waals surface area contributed by atoms with Gasteiger partial charge in [0, 0.05) is 11.4 Å². The van der Waals surface area contributed by atoms with E-state index in [-0.39, 0.29) is 6.04 Å². The number of nitrogens with zero attached hydrogens (tertiary/aromatic N) is 1. The van der Waals surface area contributed by atoms with E-state index in [1.54, 1.807) is 0 Å². The van der Waals surface area contributed by atoms with Gasteiger partial charge < -0.3 is 4.57 Å². The Bertz CT molecular complexity index is 269. The molecule has 0 aromatic carbocycles. The molecule has 1 rings (SSSR count). The molecule has 0 amide bonds. The lowest BCUT2D eigenvalue weighted by atomic mass is 10.3. The van der Waals surface area contributed by atoms with Gasteiger partial charge in [-0.05, 0) is 32.9 Å². The van der Waals surface area contributed by atoms with Crippen molar-refractivity contribution in [2.75, 3.05) is 0 Å². The van der Waals surface area contributed by atoms with Crippen molar-refractivity contribution in [1.82, 2.24) is 4.57 Å². The van der Waals surface area contributed by atoms with Gasteiger partial charge in [-0.3, -0.25) is 0 Å². The molecule has 0 aliphatic rings. The van der Waals surface area contributed by atoms with Crippen molar-refractivity contribution in [2.24, 2.45) is 0 Å². The van der Waals surface area contributed by atoms with Crippen LogP contribution in [0.15, 0.2) is 12.1 Å². The minimum Gasteiger partial charge on any atom is -0.335 e. The van der Waals surface area contributed by atoms with E-state index in [1.165, 1.54) is 11.4 Å². The predicted molar refractivity (Wildman–Crippen MR) is 47.5 cm³/mol. The van der Waals surface area contributed by atoms with Gasteiger partial charge in [0.1, 0.15) is 0 Å². The van der Waals surface area contributed by atoms with E-state index in [1.807, 2.05) is 6.92 Å². The normalized spacial score (nSPS) is 12.5. The average Bonchev–Trinajstić information content (AvgIpc) is 2.30. The summed E-state index contributed by atoms with van der Waals surface area (Å²) >= 11 is 0. The molecule has 1 nitrogen and oxygen atoms in total. The Kier molecular flexibility index (Phi) is 2.05. The number of hydrogen-bond acceptors (Lipinski definition) is 0. The quantitative estimate of drug-likeness (QED) is 0.537. The molecule has 1 aromatic rings. The van der Waals surface area contributed by atoms with Gasteiger partial charge in [-0.1, -0.05) is 5.92 Å². The van der Waals surface area contributed by atoms with Crippen LogP contribution in [0.2, 0.25) is 0 Å². The molecule has 1 heteroatoms. The van der Waals surface area contributed by atoms with E-state index in [2.05, 4.69) is 36.5 Å². The summed E-state index contributed by atoms with van der Waals surface area (Å²) in [4.78, 5) is 0. The van der Waals surface area contributed by atoms with E-state index in [0.717, 1.165) is 0 Å². The highest BCUT2D eigenvalue weighted by molar-refractivity contribution is 5.17. The lowest BCUT2D eigenvalue weighted by molar-refractivity contribution is 0.648. The summed E-state index contributed by atoms with van der Waals surface area (Å²) in [6.07, 6.45) is 5.33. The molecule has 0 saturated carbocycles. The molecule has 1 aromatic heterocycles. The van der Waals surface area contributed by atoms with E-state index in [4.69, 9.17) is 6.42 Å². The monoisotopic (exact) mass is 147 g/mol. The van der Waals surface area contributed by atoms with Crippen LogP contribution in [0.1, 0.15) is 24.4 Å². The van der Waals surface area contributed by atoms with Crippen molar-refractivity contribution in [3.05, 3.63) is 23.5 Å². The maximum Gasteiger partial charge on any atom is 0.0915 e. The summed E-state index contributed by atoms with van der Waals surface area (Å²) < 4.78 is 2.15. The Labute approximate surface area is 68.0 Å². The summed E-state index contributed by atoms with van der Waals surface area (Å²) in [6.45, 7) is 6.17. The first kappa shape index (κ1) is 7.94. The van der Waals surface area contributed by atoms with Crippen molar-refractivity contribution in [2.45, 2.75) is 26.8 Å². The molecule has 0 spiro atoms. The molecule has 0 saturated heterocycles. The fourth-order valence-corrected chi connectivity index (χ4v) is 1.37. The maximum atomic E-state index is 5.33. The maximum absolute atomic E-state index is 5.33. The highest BCUT2D eigenvalue weighted by atomic mass is 15.0. The topological polar surface area (TPSA) is 4.93 Å². The van der Waals surface area contributed by atoms with E-state index in [0.29, 0.717) is 0 Å². The standard InChI is InChI=1S/C10H13N/c1-5-8(2)11-9(3)6-7-10(11)4/h1,6-8H,2-4H3. The molecule has 0 N–H and O–H groups in total. The number of hydrogen-bond donors (Lipinski definition) is 0. The highest BCUT2D eigenvalue weighted by Gasteiger charge is 2.04. The summed E-state index contributed by atoms with van der Waals surface area (Å²) in [5.41, 5.74) is 2.46. The zero-order valence-electron chi connectivity index (χ0n) is 7.26. The summed E-state index contributed by atoms with van der Waals surface area (Å²) in [6, 6.07) is 4.34. The van der Waals surface area contributed by atoms with Crippen LogP contribution in [0.5, 0.6) is 0 Å². The fraction of sp³-hybridized carbons (Fsp3) is 0.400. The molecular weight excluding hydrogens is 134 g/mol. The average molecular weight is 147 g/mol. The first-order valence-electron chi connectivity index (χ1n) is 3.77. The number of terminal acetylenes is 1. The summed E-state index contributed by atoms with van der Waals surface area (Å²) in [5.74, 6) is 2.71. The van der Waals surface area contributed by atoms with Gasteiger partial charge >= 0.3 is 0 Å². The van der Waals surface area contributed by atoms with Crippen LogP contribution in [0.25, 0.3) is 0 Å². The molecule has 58 valence electrons. The third-order valence-corrected chi connectivity index (χ3v) is 1.95. The van der Waals surface area contributed by atoms with Crippen LogP contribution < -0.4 is 0 Å². The second kappa shape index (κ2) is 2.84. The van der Waals surface area contributed by atoms with E-state index < -0.39 is 0 Å². The van der Waals surface area contributed by atoms with Crippen molar-refractivity contribution >= 4 is 0 Å². The van der Waals surface area contributed by atoms with Crippen molar-refractivity contribution < 1.29 is 0 Å². The SMILES string of the molecule is C#CC(C)n1c(C)ccc1C. The fourth-order valence-electron chi connectivity index (χ4n) is 1.37. The van der Waals surface area contributed by atoms with Crippen molar-refractivity contribution in [3.8, 4) is 12.3 Å². The molecule has 0 aliphatic heterocycles. The Morgan fingerprint density at radius 1 is 1.36 bits per heavy atom. The van der Waals surface area contributed by atoms with Gasteiger partial charge in [-0.2, -0.15) is 0 Å². The molecular formula is C10H13N. The Morgan fingerprint density at radius 2 is 1.82 bits per heavy atom. The van der Waals surface area contributed by atoms with E-state index in [9.17, 15) is 0 Å². The third kappa shape index (κ3) is 1.30. The molecule has 0 radical (unpaired) electrons. The van der Waals surface area contributed by atoms with Crippen molar-refractivity contribution in [3.63, 3.8) is 0 Å². The van der Waals surface area contributed by atoms with Crippen LogP contribution in [0.4, 0.5) is 0 Å². The van der Waals surface area contributed by atoms with Gasteiger partial charge in [0.2, 0.25) is 0 Å². The van der Waals surface area contributed by atoms with Gasteiger partial charge in [0.25, 0.3) is 0 Å². The zero-order chi connectivity index (χ0) is 8.43. The van der Waals surface area contributed by atoms with Crippen LogP contribution in [-0.2, 0) is 0 Å². The number of rotatable bonds is 1. The van der Waals surface area contributed by atoms with Crippen LogP contribution in [-0.4, -0.2) is 4.57 Å². The minimum atomic E-state index is 0.171. The largest absolute Gasteiger partial charge is 0.335 e. The number of aryl methyl sites for hydroxylation is 2. The van der Waals surface area contributed by atoms with Crippen LogP contribution >= 0.6 is 0 Å². The molecule has 0 aliphatic carbocycles. The number of aromatic nitrogens is 1. The Morgan fingerprint density at radius 3 is 2.18 bits per heavy atom. The minimum absolute atomic E-state index is 0.171. The molecule has 1 unspecified atom stereocenters. The molecule has 1 heterocycles. The van der Waals surface area contributed by atoms with Gasteiger partial charge in [0.15, 0.2) is 0 Å². The van der Waals surface area contributed by atoms with Crippen molar-refractivity contribution in [1.29, 1.82) is 0 Å². The zero-order valence-corrected chi connectivity index (χ0v) is 7.26. The summed E-state index contributed by atoms with van der Waals surface area (Å²) in [7, 11) is 0. The third-order valence-electron chi connectivity index (χ3n) is 1.95. The summed E-state index contributed by atoms with van der Waals surface area (Å²) in [5, 5.41) is 0. The van der Waals surface area contributed by atoms with Crippen LogP contribution in [0.3, 0.4) is 0 Å². The molecule has 0 fully saturated rings. The van der Waals surface area contributed by atoms with Gasteiger partial charge in [0.05, 0.1) is 6.04 Å². The van der Waals surface area contributed by atoms with Gasteiger partial charge in [-0.15, -0.1) is 6.42 Å². The van der Waals surface area contributed by atoms with Crippen LogP contribution in [0, 0.1) is 26.2 Å². The second-order valence-corrected chi connectivity index (χ2v) is 2.83. The predicted octanol–water partition coefficient (Wildman–Crippen LogP) is 2.30. The first-order valence-corrected chi connectivity index (χ1v) is 3.77. The van der Waals surface area contributed by atoms with Gasteiger partial charge in [-0.25, -0.2) is 0 Å². The molecule has 1 atom stereocenters. The second-order valence-electron chi connectivity index (χ2n) is 2.83. The smallest absolute Gasteiger partial charge is 0.0915 e. The Balaban J connectivity index is 3.12. The lowest BCUT2D eigenvalue weighted by Gasteiger charge is -2.11. The van der Waals surface area contributed by atoms with E-state index >= 15 is 0 Å². The first-order chi connectivity index (χ1) is 5.16. The molecule has 0 bridgehead atoms. The lowest BCUT2D eigenvalue weighted by Crippen LogP contribution is -2.05. The Hall–Kier alpha value is -1.16.